The van der Waals surface area contributed by atoms with Gasteiger partial charge >= 0.3 is 0 Å². The lowest BCUT2D eigenvalue weighted by molar-refractivity contribution is -0.894. The first-order chi connectivity index (χ1) is 10.1. The molecule has 0 amide bonds. The molecule has 7 heteroatoms. The van der Waals surface area contributed by atoms with Gasteiger partial charge in [-0.2, -0.15) is 0 Å². The summed E-state index contributed by atoms with van der Waals surface area (Å²) >= 11 is 11.3. The Labute approximate surface area is 145 Å². The average molecular weight is 361 g/mol. The molecule has 0 aliphatic carbocycles. The maximum Gasteiger partial charge on any atom is 0.116 e. The molecule has 0 bridgehead atoms. The van der Waals surface area contributed by atoms with Crippen molar-refractivity contribution in [2.45, 2.75) is 18.6 Å². The number of nitrogens with zero attached hydrogens (tertiary/aromatic N) is 2. The quantitative estimate of drug-likeness (QED) is 0.289. The van der Waals surface area contributed by atoms with Crippen molar-refractivity contribution in [3.05, 3.63) is 0 Å². The van der Waals surface area contributed by atoms with Crippen LogP contribution in [0.4, 0.5) is 0 Å². The van der Waals surface area contributed by atoms with Crippen LogP contribution in [0.1, 0.15) is 6.42 Å². The van der Waals surface area contributed by atoms with E-state index in [0.717, 1.165) is 24.0 Å². The summed E-state index contributed by atoms with van der Waals surface area (Å²) in [5.41, 5.74) is 0. The van der Waals surface area contributed by atoms with Crippen LogP contribution < -0.4 is 0 Å². The van der Waals surface area contributed by atoms with E-state index in [0.29, 0.717) is 30.8 Å². The molecule has 0 aromatic rings. The van der Waals surface area contributed by atoms with Crippen molar-refractivity contribution >= 4 is 23.2 Å². The topological polar surface area (TPSA) is 49.7 Å². The molecule has 0 saturated carbocycles. The van der Waals surface area contributed by atoms with Crippen molar-refractivity contribution in [1.29, 1.82) is 0 Å². The van der Waals surface area contributed by atoms with Gasteiger partial charge in [0.1, 0.15) is 31.8 Å². The molecule has 0 rings (SSSR count). The summed E-state index contributed by atoms with van der Waals surface area (Å²) in [4.78, 5) is 0. The molecule has 0 radical (unpaired) electrons. The van der Waals surface area contributed by atoms with Gasteiger partial charge in [0.15, 0.2) is 0 Å². The van der Waals surface area contributed by atoms with E-state index in [-0.39, 0.29) is 11.8 Å². The average Bonchev–Trinajstić information content (AvgIpc) is 2.41. The van der Waals surface area contributed by atoms with E-state index in [2.05, 4.69) is 28.2 Å². The summed E-state index contributed by atoms with van der Waals surface area (Å²) in [7, 11) is 8.30. The molecule has 0 aliphatic heterocycles. The van der Waals surface area contributed by atoms with Crippen LogP contribution in [0.15, 0.2) is 0 Å². The number of quaternary nitrogens is 2. The molecule has 0 aromatic heterocycles. The van der Waals surface area contributed by atoms with Gasteiger partial charge in [-0.25, -0.2) is 0 Å². The molecular weight excluding hydrogens is 327 g/mol. The SMILES string of the molecule is C[N+](C)(CCCOCC[N+](C)(C)CC(O)CCl)CC(O)CCl. The van der Waals surface area contributed by atoms with Crippen molar-refractivity contribution in [1.82, 2.24) is 0 Å². The number of likely N-dealkylation sites (N-methyl/N-ethyl adjacent to an activating group) is 2. The predicted octanol–water partition coefficient (Wildman–Crippen LogP) is 0.745. The van der Waals surface area contributed by atoms with E-state index in [4.69, 9.17) is 27.9 Å². The largest absolute Gasteiger partial charge is 0.386 e. The number of hydrogen-bond donors (Lipinski definition) is 2. The Balaban J connectivity index is 3.77. The second-order valence-electron chi connectivity index (χ2n) is 7.27. The summed E-state index contributed by atoms with van der Waals surface area (Å²) in [6, 6.07) is 0. The third-order valence-corrected chi connectivity index (χ3v) is 4.37. The summed E-state index contributed by atoms with van der Waals surface area (Å²) in [5, 5.41) is 19.2. The van der Waals surface area contributed by atoms with Gasteiger partial charge in [-0.15, -0.1) is 23.2 Å². The van der Waals surface area contributed by atoms with E-state index < -0.39 is 12.2 Å². The van der Waals surface area contributed by atoms with Crippen molar-refractivity contribution in [2.24, 2.45) is 0 Å². The minimum atomic E-state index is -0.469. The van der Waals surface area contributed by atoms with Crippen LogP contribution >= 0.6 is 23.2 Å². The van der Waals surface area contributed by atoms with Gasteiger partial charge in [-0.1, -0.05) is 0 Å². The van der Waals surface area contributed by atoms with Crippen LogP contribution in [0.2, 0.25) is 0 Å². The Morgan fingerprint density at radius 2 is 1.27 bits per heavy atom. The fourth-order valence-corrected chi connectivity index (χ4v) is 2.62. The number of hydrogen-bond acceptors (Lipinski definition) is 3. The number of alkyl halides is 2. The van der Waals surface area contributed by atoms with E-state index in [1.54, 1.807) is 0 Å². The smallest absolute Gasteiger partial charge is 0.116 e. The highest BCUT2D eigenvalue weighted by molar-refractivity contribution is 6.18. The Morgan fingerprint density at radius 1 is 0.818 bits per heavy atom. The standard InChI is InChI=1S/C15H34Cl2N2O3/c1-18(2,12-14(20)10-16)6-5-8-22-9-7-19(3,4)13-15(21)11-17/h14-15,20-21H,5-13H2,1-4H3/q+2. The molecule has 0 aromatic carbocycles. The molecular formula is C15H34Cl2N2O3+2. The van der Waals surface area contributed by atoms with Gasteiger partial charge in [0.25, 0.3) is 0 Å². The van der Waals surface area contributed by atoms with Crippen LogP contribution in [-0.4, -0.2) is 111 Å². The molecule has 5 nitrogen and oxygen atoms in total. The van der Waals surface area contributed by atoms with Crippen LogP contribution in [-0.2, 0) is 4.74 Å². The normalized spacial score (nSPS) is 15.8. The highest BCUT2D eigenvalue weighted by atomic mass is 35.5. The molecule has 0 heterocycles. The van der Waals surface area contributed by atoms with Crippen LogP contribution in [0, 0.1) is 0 Å². The first kappa shape index (κ1) is 22.4. The van der Waals surface area contributed by atoms with Gasteiger partial charge in [0, 0.05) is 6.42 Å². The van der Waals surface area contributed by atoms with Gasteiger partial charge in [0.2, 0.25) is 0 Å². The number of rotatable bonds is 13. The third-order valence-electron chi connectivity index (χ3n) is 3.66. The zero-order valence-electron chi connectivity index (χ0n) is 14.5. The number of ether oxygens (including phenoxy) is 1. The monoisotopic (exact) mass is 360 g/mol. The highest BCUT2D eigenvalue weighted by Crippen LogP contribution is 2.04. The first-order valence-electron chi connectivity index (χ1n) is 7.82. The molecule has 2 unspecified atom stereocenters. The number of aliphatic hydroxyl groups is 2. The maximum atomic E-state index is 9.61. The molecule has 2 N–H and O–H groups in total. The van der Waals surface area contributed by atoms with Crippen LogP contribution in [0.25, 0.3) is 0 Å². The Morgan fingerprint density at radius 3 is 1.73 bits per heavy atom. The predicted molar refractivity (Wildman–Crippen MR) is 92.6 cm³/mol. The van der Waals surface area contributed by atoms with Gasteiger partial charge in [-0.05, 0) is 0 Å². The van der Waals surface area contributed by atoms with Crippen LogP contribution in [0.3, 0.4) is 0 Å². The molecule has 2 atom stereocenters. The molecule has 0 spiro atoms. The number of aliphatic hydroxyl groups excluding tert-OH is 2. The Bertz CT molecular complexity index is 264. The second kappa shape index (κ2) is 11.0. The summed E-state index contributed by atoms with van der Waals surface area (Å²) in [6.45, 7) is 4.45. The van der Waals surface area contributed by atoms with Crippen molar-refractivity contribution < 1.29 is 23.9 Å². The van der Waals surface area contributed by atoms with E-state index in [1.807, 2.05) is 0 Å². The minimum Gasteiger partial charge on any atom is -0.386 e. The molecule has 0 aliphatic rings. The summed E-state index contributed by atoms with van der Waals surface area (Å²) < 4.78 is 7.11. The molecule has 0 fully saturated rings. The zero-order chi connectivity index (χ0) is 17.2. The summed E-state index contributed by atoms with van der Waals surface area (Å²) in [6.07, 6.45) is 0.0203. The fraction of sp³-hybridized carbons (Fsp3) is 1.00. The Hall–Kier alpha value is 0.380. The fourth-order valence-electron chi connectivity index (χ4n) is 2.43. The molecule has 134 valence electrons. The van der Waals surface area contributed by atoms with E-state index in [9.17, 15) is 10.2 Å². The zero-order valence-corrected chi connectivity index (χ0v) is 16.0. The summed E-state index contributed by atoms with van der Waals surface area (Å²) in [5.74, 6) is 0.545. The minimum absolute atomic E-state index is 0.268. The third kappa shape index (κ3) is 11.9. The lowest BCUT2D eigenvalue weighted by Crippen LogP contribution is -2.48. The van der Waals surface area contributed by atoms with Crippen LogP contribution in [0.5, 0.6) is 0 Å². The van der Waals surface area contributed by atoms with Gasteiger partial charge in [0.05, 0.1) is 59.7 Å². The highest BCUT2D eigenvalue weighted by Gasteiger charge is 2.21. The molecule has 22 heavy (non-hydrogen) atoms. The lowest BCUT2D eigenvalue weighted by atomic mass is 10.3. The number of halogens is 2. The van der Waals surface area contributed by atoms with Crippen molar-refractivity contribution in [3.8, 4) is 0 Å². The van der Waals surface area contributed by atoms with Crippen molar-refractivity contribution in [3.63, 3.8) is 0 Å². The first-order valence-corrected chi connectivity index (χ1v) is 8.88. The van der Waals surface area contributed by atoms with E-state index in [1.165, 1.54) is 0 Å². The Kier molecular flexibility index (Phi) is 11.2. The second-order valence-corrected chi connectivity index (χ2v) is 7.88. The maximum absolute atomic E-state index is 9.61. The van der Waals surface area contributed by atoms with E-state index >= 15 is 0 Å². The molecule has 0 saturated heterocycles. The van der Waals surface area contributed by atoms with Crippen molar-refractivity contribution in [2.75, 3.05) is 79.3 Å². The van der Waals surface area contributed by atoms with Gasteiger partial charge in [-0.3, -0.25) is 0 Å². The van der Waals surface area contributed by atoms with Gasteiger partial charge < -0.3 is 23.9 Å². The lowest BCUT2D eigenvalue weighted by Gasteiger charge is -2.32.